The number of nitriles is 1. The van der Waals surface area contributed by atoms with Crippen LogP contribution in [-0.4, -0.2) is 22.4 Å². The molecule has 2 N–H and O–H groups in total. The summed E-state index contributed by atoms with van der Waals surface area (Å²) in [4.78, 5) is 11.6. The quantitative estimate of drug-likeness (QED) is 0.610. The standard InChI is InChI=1S/C14H22N4O2/c1-4-20-13(19)12-11(16)9-18(17-12)8-6-5-7-14(2,3)10-15/h9H,4-8,16H2,1-3H3. The van der Waals surface area contributed by atoms with Crippen LogP contribution in [0.2, 0.25) is 0 Å². The summed E-state index contributed by atoms with van der Waals surface area (Å²) in [6.07, 6.45) is 4.29. The zero-order valence-electron chi connectivity index (χ0n) is 12.3. The van der Waals surface area contributed by atoms with Gasteiger partial charge in [-0.15, -0.1) is 0 Å². The van der Waals surface area contributed by atoms with E-state index in [-0.39, 0.29) is 11.1 Å². The summed E-state index contributed by atoms with van der Waals surface area (Å²) < 4.78 is 6.53. The van der Waals surface area contributed by atoms with Crippen LogP contribution in [0, 0.1) is 16.7 Å². The summed E-state index contributed by atoms with van der Waals surface area (Å²) in [6.45, 7) is 6.57. The van der Waals surface area contributed by atoms with Gasteiger partial charge < -0.3 is 10.5 Å². The number of ether oxygens (including phenoxy) is 1. The van der Waals surface area contributed by atoms with Gasteiger partial charge in [0.05, 0.1) is 23.8 Å². The minimum atomic E-state index is -0.491. The number of rotatable bonds is 7. The molecule has 6 nitrogen and oxygen atoms in total. The van der Waals surface area contributed by atoms with Gasteiger partial charge in [0.15, 0.2) is 5.69 Å². The van der Waals surface area contributed by atoms with E-state index in [4.69, 9.17) is 15.7 Å². The highest BCUT2D eigenvalue weighted by Gasteiger charge is 2.17. The molecule has 0 aromatic carbocycles. The molecule has 6 heteroatoms. The number of aromatic nitrogens is 2. The zero-order valence-corrected chi connectivity index (χ0v) is 12.3. The number of nitrogen functional groups attached to an aromatic ring is 1. The number of carbonyl (C=O) groups excluding carboxylic acids is 1. The van der Waals surface area contributed by atoms with E-state index in [1.165, 1.54) is 0 Å². The lowest BCUT2D eigenvalue weighted by Crippen LogP contribution is -2.10. The molecule has 1 rings (SSSR count). The highest BCUT2D eigenvalue weighted by atomic mass is 16.5. The smallest absolute Gasteiger partial charge is 0.361 e. The number of anilines is 1. The maximum atomic E-state index is 11.6. The average Bonchev–Trinajstić information content (AvgIpc) is 2.76. The van der Waals surface area contributed by atoms with Crippen LogP contribution in [0.15, 0.2) is 6.20 Å². The molecule has 20 heavy (non-hydrogen) atoms. The Morgan fingerprint density at radius 1 is 1.55 bits per heavy atom. The van der Waals surface area contributed by atoms with Gasteiger partial charge in [-0.3, -0.25) is 4.68 Å². The predicted molar refractivity (Wildman–Crippen MR) is 75.8 cm³/mol. The third-order valence-electron chi connectivity index (χ3n) is 3.00. The molecule has 1 heterocycles. The van der Waals surface area contributed by atoms with Crippen molar-refractivity contribution in [1.29, 1.82) is 5.26 Å². The summed E-state index contributed by atoms with van der Waals surface area (Å²) in [5.41, 5.74) is 5.95. The van der Waals surface area contributed by atoms with Crippen molar-refractivity contribution in [2.24, 2.45) is 5.41 Å². The lowest BCUT2D eigenvalue weighted by molar-refractivity contribution is 0.0519. The van der Waals surface area contributed by atoms with E-state index in [9.17, 15) is 4.79 Å². The topological polar surface area (TPSA) is 93.9 Å². The largest absolute Gasteiger partial charge is 0.461 e. The van der Waals surface area contributed by atoms with E-state index in [0.29, 0.717) is 18.8 Å². The van der Waals surface area contributed by atoms with E-state index in [1.54, 1.807) is 17.8 Å². The van der Waals surface area contributed by atoms with Crippen LogP contribution in [0.1, 0.15) is 50.5 Å². The molecule has 0 saturated carbocycles. The maximum absolute atomic E-state index is 11.6. The molecule has 0 bridgehead atoms. The highest BCUT2D eigenvalue weighted by Crippen LogP contribution is 2.22. The van der Waals surface area contributed by atoms with Crippen molar-refractivity contribution in [3.8, 4) is 6.07 Å². The van der Waals surface area contributed by atoms with E-state index >= 15 is 0 Å². The van der Waals surface area contributed by atoms with Gasteiger partial charge in [-0.05, 0) is 33.6 Å². The van der Waals surface area contributed by atoms with Crippen LogP contribution in [-0.2, 0) is 11.3 Å². The Labute approximate surface area is 119 Å². The van der Waals surface area contributed by atoms with Gasteiger partial charge in [-0.25, -0.2) is 4.79 Å². The van der Waals surface area contributed by atoms with Gasteiger partial charge in [0.25, 0.3) is 0 Å². The number of nitrogens with zero attached hydrogens (tertiary/aromatic N) is 3. The first-order valence-electron chi connectivity index (χ1n) is 6.81. The highest BCUT2D eigenvalue weighted by molar-refractivity contribution is 5.92. The lowest BCUT2D eigenvalue weighted by atomic mass is 9.89. The van der Waals surface area contributed by atoms with Gasteiger partial charge in [0.1, 0.15) is 0 Å². The molecule has 110 valence electrons. The lowest BCUT2D eigenvalue weighted by Gasteiger charge is -2.14. The summed E-state index contributed by atoms with van der Waals surface area (Å²) in [6, 6.07) is 2.28. The molecule has 0 aliphatic carbocycles. The monoisotopic (exact) mass is 278 g/mol. The molecule has 0 spiro atoms. The Morgan fingerprint density at radius 3 is 2.85 bits per heavy atom. The fourth-order valence-electron chi connectivity index (χ4n) is 1.81. The number of hydrogen-bond acceptors (Lipinski definition) is 5. The van der Waals surface area contributed by atoms with Crippen molar-refractivity contribution < 1.29 is 9.53 Å². The number of unbranched alkanes of at least 4 members (excludes halogenated alkanes) is 1. The third kappa shape index (κ3) is 4.57. The maximum Gasteiger partial charge on any atom is 0.361 e. The summed E-state index contributed by atoms with van der Waals surface area (Å²) >= 11 is 0. The van der Waals surface area contributed by atoms with Gasteiger partial charge >= 0.3 is 5.97 Å². The molecular weight excluding hydrogens is 256 g/mol. The third-order valence-corrected chi connectivity index (χ3v) is 3.00. The number of carbonyl (C=O) groups is 1. The number of nitrogens with two attached hydrogens (primary N) is 1. The van der Waals surface area contributed by atoms with E-state index in [2.05, 4.69) is 11.2 Å². The van der Waals surface area contributed by atoms with Crippen LogP contribution < -0.4 is 5.73 Å². The second-order valence-corrected chi connectivity index (χ2v) is 5.37. The van der Waals surface area contributed by atoms with Crippen LogP contribution in [0.5, 0.6) is 0 Å². The van der Waals surface area contributed by atoms with E-state index in [1.807, 2.05) is 13.8 Å². The SMILES string of the molecule is CCOC(=O)c1nn(CCCCC(C)(C)C#N)cc1N. The Hall–Kier alpha value is -2.03. The molecule has 0 aliphatic rings. The average molecular weight is 278 g/mol. The minimum absolute atomic E-state index is 0.171. The predicted octanol–water partition coefficient (Wildman–Crippen LogP) is 2.36. The first-order valence-corrected chi connectivity index (χ1v) is 6.81. The molecular formula is C14H22N4O2. The number of esters is 1. The summed E-state index contributed by atoms with van der Waals surface area (Å²) in [7, 11) is 0. The molecule has 0 atom stereocenters. The van der Waals surface area contributed by atoms with Crippen LogP contribution >= 0.6 is 0 Å². The van der Waals surface area contributed by atoms with Crippen LogP contribution in [0.3, 0.4) is 0 Å². The van der Waals surface area contributed by atoms with Crippen molar-refractivity contribution in [3.05, 3.63) is 11.9 Å². The molecule has 0 aliphatic heterocycles. The van der Waals surface area contributed by atoms with Gasteiger partial charge in [0.2, 0.25) is 0 Å². The molecule has 0 unspecified atom stereocenters. The Bertz CT molecular complexity index is 500. The first-order chi connectivity index (χ1) is 9.39. The Balaban J connectivity index is 2.48. The fraction of sp³-hybridized carbons (Fsp3) is 0.643. The first kappa shape index (κ1) is 16.0. The second kappa shape index (κ2) is 6.94. The Kier molecular flexibility index (Phi) is 5.56. The molecule has 0 saturated heterocycles. The van der Waals surface area contributed by atoms with Crippen molar-refractivity contribution in [2.75, 3.05) is 12.3 Å². The molecule has 0 amide bonds. The minimum Gasteiger partial charge on any atom is -0.461 e. The van der Waals surface area contributed by atoms with Crippen LogP contribution in [0.4, 0.5) is 5.69 Å². The summed E-state index contributed by atoms with van der Waals surface area (Å²) in [5.74, 6) is -0.491. The molecule has 0 radical (unpaired) electrons. The van der Waals surface area contributed by atoms with Crippen molar-refractivity contribution in [2.45, 2.75) is 46.6 Å². The van der Waals surface area contributed by atoms with Crippen LogP contribution in [0.25, 0.3) is 0 Å². The van der Waals surface area contributed by atoms with Crippen molar-refractivity contribution in [1.82, 2.24) is 9.78 Å². The molecule has 1 aromatic rings. The molecule has 1 aromatic heterocycles. The van der Waals surface area contributed by atoms with E-state index < -0.39 is 5.97 Å². The second-order valence-electron chi connectivity index (χ2n) is 5.37. The van der Waals surface area contributed by atoms with Gasteiger partial charge in [-0.2, -0.15) is 10.4 Å². The van der Waals surface area contributed by atoms with E-state index in [0.717, 1.165) is 19.3 Å². The van der Waals surface area contributed by atoms with Gasteiger partial charge in [-0.1, -0.05) is 6.42 Å². The molecule has 0 fully saturated rings. The summed E-state index contributed by atoms with van der Waals surface area (Å²) in [5, 5.41) is 13.1. The Morgan fingerprint density at radius 2 is 2.25 bits per heavy atom. The van der Waals surface area contributed by atoms with Crippen molar-refractivity contribution >= 4 is 11.7 Å². The number of aryl methyl sites for hydroxylation is 1. The zero-order chi connectivity index (χ0) is 15.2. The normalized spacial score (nSPS) is 11.1. The fourth-order valence-corrected chi connectivity index (χ4v) is 1.81. The number of hydrogen-bond donors (Lipinski definition) is 1. The van der Waals surface area contributed by atoms with Gasteiger partial charge in [0, 0.05) is 12.7 Å². The van der Waals surface area contributed by atoms with Crippen molar-refractivity contribution in [3.63, 3.8) is 0 Å².